The van der Waals surface area contributed by atoms with Gasteiger partial charge in [0.25, 0.3) is 15.7 Å². The van der Waals surface area contributed by atoms with Crippen LogP contribution in [0.3, 0.4) is 0 Å². The van der Waals surface area contributed by atoms with E-state index in [1.54, 1.807) is 34.8 Å². The lowest BCUT2D eigenvalue weighted by Crippen LogP contribution is -2.37. The minimum absolute atomic E-state index is 0.200. The van der Waals surface area contributed by atoms with E-state index in [9.17, 15) is 18.5 Å². The van der Waals surface area contributed by atoms with Crippen LogP contribution in [0.1, 0.15) is 30.4 Å². The summed E-state index contributed by atoms with van der Waals surface area (Å²) in [7, 11) is -1.19. The number of pyridine rings is 1. The molecule has 0 saturated carbocycles. The summed E-state index contributed by atoms with van der Waals surface area (Å²) in [5.41, 5.74) is 1.56. The Bertz CT molecular complexity index is 1470. The normalized spacial score (nSPS) is 14.6. The van der Waals surface area contributed by atoms with E-state index in [0.717, 1.165) is 43.0 Å². The third-order valence-corrected chi connectivity index (χ3v) is 8.10. The van der Waals surface area contributed by atoms with Crippen molar-refractivity contribution in [2.75, 3.05) is 45.2 Å². The SMILES string of the molecule is CN(CCN1CCCCC1)c1ccc([N+](=O)[O-])cc1S(=O)(=O)N(C)/N=C\c1cnn2ccc(C#N)cc12. The molecule has 0 N–H and O–H groups in total. The van der Waals surface area contributed by atoms with Crippen LogP contribution in [-0.4, -0.2) is 78.8 Å². The number of fused-ring (bicyclic) bond motifs is 1. The molecule has 1 aromatic carbocycles. The fraction of sp³-hybridized carbons (Fsp3) is 0.375. The highest BCUT2D eigenvalue weighted by atomic mass is 32.2. The number of piperidine rings is 1. The van der Waals surface area contributed by atoms with E-state index in [1.165, 1.54) is 38.0 Å². The first-order valence-electron chi connectivity index (χ1n) is 11.8. The molecule has 3 aromatic rings. The number of nitriles is 1. The Morgan fingerprint density at radius 2 is 1.97 bits per heavy atom. The van der Waals surface area contributed by atoms with E-state index in [0.29, 0.717) is 28.9 Å². The van der Waals surface area contributed by atoms with Crippen molar-refractivity contribution in [1.82, 2.24) is 18.9 Å². The van der Waals surface area contributed by atoms with E-state index in [4.69, 9.17) is 5.26 Å². The second-order valence-electron chi connectivity index (χ2n) is 8.87. The Hall–Kier alpha value is -4.02. The lowest BCUT2D eigenvalue weighted by atomic mass is 10.1. The van der Waals surface area contributed by atoms with Crippen LogP contribution >= 0.6 is 0 Å². The summed E-state index contributed by atoms with van der Waals surface area (Å²) in [5, 5.41) is 28.9. The van der Waals surface area contributed by atoms with Crippen molar-refractivity contribution >= 4 is 33.1 Å². The minimum Gasteiger partial charge on any atom is -0.372 e. The topological polar surface area (TPSA) is 140 Å². The Balaban J connectivity index is 1.62. The number of rotatable bonds is 9. The molecule has 0 spiro atoms. The molecule has 1 aliphatic heterocycles. The van der Waals surface area contributed by atoms with Gasteiger partial charge in [0, 0.05) is 51.1 Å². The summed E-state index contributed by atoms with van der Waals surface area (Å²) in [6.07, 6.45) is 7.98. The molecular weight excluding hydrogens is 496 g/mol. The van der Waals surface area contributed by atoms with Crippen molar-refractivity contribution < 1.29 is 13.3 Å². The van der Waals surface area contributed by atoms with E-state index in [2.05, 4.69) is 21.2 Å². The van der Waals surface area contributed by atoms with Crippen LogP contribution in [0.15, 0.2) is 52.7 Å². The summed E-state index contributed by atoms with van der Waals surface area (Å²) >= 11 is 0. The van der Waals surface area contributed by atoms with Crippen molar-refractivity contribution in [3.63, 3.8) is 0 Å². The third-order valence-electron chi connectivity index (χ3n) is 6.43. The molecule has 13 heteroatoms. The zero-order valence-electron chi connectivity index (χ0n) is 20.7. The minimum atomic E-state index is -4.24. The quantitative estimate of drug-likeness (QED) is 0.236. The van der Waals surface area contributed by atoms with E-state index < -0.39 is 14.9 Å². The number of hydrogen-bond acceptors (Lipinski definition) is 9. The van der Waals surface area contributed by atoms with E-state index in [1.807, 2.05) is 0 Å². The Morgan fingerprint density at radius 1 is 1.22 bits per heavy atom. The van der Waals surface area contributed by atoms with Gasteiger partial charge in [-0.15, -0.1) is 0 Å². The van der Waals surface area contributed by atoms with E-state index in [-0.39, 0.29) is 10.6 Å². The largest absolute Gasteiger partial charge is 0.372 e. The highest BCUT2D eigenvalue weighted by Gasteiger charge is 2.28. The number of benzene rings is 1. The molecule has 0 amide bonds. The predicted molar refractivity (Wildman–Crippen MR) is 139 cm³/mol. The molecule has 4 rings (SSSR count). The first-order chi connectivity index (χ1) is 17.7. The Labute approximate surface area is 215 Å². The van der Waals surface area contributed by atoms with Gasteiger partial charge in [-0.05, 0) is 44.1 Å². The van der Waals surface area contributed by atoms with Crippen LogP contribution in [0.2, 0.25) is 0 Å². The molecule has 0 atom stereocenters. The first kappa shape index (κ1) is 26.1. The van der Waals surface area contributed by atoms with Gasteiger partial charge in [0.15, 0.2) is 0 Å². The molecule has 1 fully saturated rings. The maximum Gasteiger partial charge on any atom is 0.281 e. The van der Waals surface area contributed by atoms with E-state index >= 15 is 0 Å². The molecular formula is C24H28N8O4S. The Kier molecular flexibility index (Phi) is 7.70. The number of non-ortho nitro benzene ring substituents is 1. The van der Waals surface area contributed by atoms with Gasteiger partial charge in [-0.2, -0.15) is 28.3 Å². The number of hydrazone groups is 1. The van der Waals surface area contributed by atoms with Crippen molar-refractivity contribution in [2.45, 2.75) is 24.2 Å². The number of nitro benzene ring substituents is 1. The number of likely N-dealkylation sites (N-methyl/N-ethyl adjacent to an activating group) is 1. The van der Waals surface area contributed by atoms with Gasteiger partial charge >= 0.3 is 0 Å². The molecule has 0 unspecified atom stereocenters. The molecule has 3 heterocycles. The van der Waals surface area contributed by atoms with Gasteiger partial charge in [-0.1, -0.05) is 6.42 Å². The van der Waals surface area contributed by atoms with Crippen molar-refractivity contribution in [2.24, 2.45) is 5.10 Å². The van der Waals surface area contributed by atoms with Gasteiger partial charge in [0.05, 0.1) is 40.2 Å². The molecule has 2 aromatic heterocycles. The standard InChI is InChI=1S/C24H28N8O4S/c1-28(12-13-30-9-4-3-5-10-30)22-7-6-21(32(33)34)15-24(22)37(35,36)29(2)26-17-20-18-27-31-11-8-19(16-25)14-23(20)31/h6-8,11,14-15,17-18H,3-5,9-10,12-13H2,1-2H3/b26-17-. The van der Waals surface area contributed by atoms with Gasteiger partial charge in [0.2, 0.25) is 0 Å². The molecule has 194 valence electrons. The lowest BCUT2D eigenvalue weighted by molar-refractivity contribution is -0.385. The molecule has 1 saturated heterocycles. The summed E-state index contributed by atoms with van der Waals surface area (Å²) < 4.78 is 29.4. The fourth-order valence-electron chi connectivity index (χ4n) is 4.25. The number of nitrogens with zero attached hydrogens (tertiary/aromatic N) is 8. The zero-order chi connectivity index (χ0) is 26.6. The number of aromatic nitrogens is 2. The monoisotopic (exact) mass is 524 g/mol. The van der Waals surface area contributed by atoms with Crippen LogP contribution in [0.5, 0.6) is 0 Å². The first-order valence-corrected chi connectivity index (χ1v) is 13.3. The van der Waals surface area contributed by atoms with Gasteiger partial charge in [0.1, 0.15) is 4.90 Å². The summed E-state index contributed by atoms with van der Waals surface area (Å²) in [4.78, 5) is 14.8. The predicted octanol–water partition coefficient (Wildman–Crippen LogP) is 2.69. The zero-order valence-corrected chi connectivity index (χ0v) is 21.5. The molecule has 37 heavy (non-hydrogen) atoms. The van der Waals surface area contributed by atoms with Crippen molar-refractivity contribution in [3.05, 3.63) is 64.0 Å². The lowest BCUT2D eigenvalue weighted by Gasteiger charge is -2.30. The number of anilines is 1. The van der Waals surface area contributed by atoms with Gasteiger partial charge in [-0.25, -0.2) is 4.52 Å². The number of likely N-dealkylation sites (tertiary alicyclic amines) is 1. The van der Waals surface area contributed by atoms with Crippen molar-refractivity contribution in [1.29, 1.82) is 5.26 Å². The third kappa shape index (κ3) is 5.71. The Morgan fingerprint density at radius 3 is 2.68 bits per heavy atom. The van der Waals surface area contributed by atoms with Crippen LogP contribution in [0.25, 0.3) is 5.52 Å². The average Bonchev–Trinajstić information content (AvgIpc) is 3.32. The molecule has 0 aliphatic carbocycles. The van der Waals surface area contributed by atoms with Crippen molar-refractivity contribution in [3.8, 4) is 6.07 Å². The van der Waals surface area contributed by atoms with Crippen LogP contribution in [0, 0.1) is 21.4 Å². The molecule has 12 nitrogen and oxygen atoms in total. The van der Waals surface area contributed by atoms with Gasteiger partial charge in [-0.3, -0.25) is 10.1 Å². The summed E-state index contributed by atoms with van der Waals surface area (Å²) in [6, 6.07) is 9.14. The number of hydrogen-bond donors (Lipinski definition) is 0. The summed E-state index contributed by atoms with van der Waals surface area (Å²) in [6.45, 7) is 3.35. The van der Waals surface area contributed by atoms with Gasteiger partial charge < -0.3 is 9.80 Å². The van der Waals surface area contributed by atoms with Crippen LogP contribution < -0.4 is 4.90 Å². The van der Waals surface area contributed by atoms with Crippen LogP contribution in [0.4, 0.5) is 11.4 Å². The summed E-state index contributed by atoms with van der Waals surface area (Å²) in [5.74, 6) is 0. The molecule has 0 radical (unpaired) electrons. The fourth-order valence-corrected chi connectivity index (χ4v) is 5.46. The maximum atomic E-state index is 13.6. The second kappa shape index (κ2) is 10.9. The average molecular weight is 525 g/mol. The number of sulfonamides is 1. The van der Waals surface area contributed by atoms with Crippen LogP contribution in [-0.2, 0) is 10.0 Å². The molecule has 0 bridgehead atoms. The smallest absolute Gasteiger partial charge is 0.281 e. The second-order valence-corrected chi connectivity index (χ2v) is 10.8. The molecule has 1 aliphatic rings. The maximum absolute atomic E-state index is 13.6. The highest BCUT2D eigenvalue weighted by Crippen LogP contribution is 2.31. The number of nitro groups is 1. The highest BCUT2D eigenvalue weighted by molar-refractivity contribution is 7.89.